The number of benzene rings is 3. The molecule has 0 radical (unpaired) electrons. The van der Waals surface area contributed by atoms with Gasteiger partial charge in [0.1, 0.15) is 0 Å². The lowest BCUT2D eigenvalue weighted by atomic mass is 9.72. The topological polar surface area (TPSA) is 46.5 Å². The fraction of sp³-hybridized carbons (Fsp3) is 0.194. The van der Waals surface area contributed by atoms with Crippen LogP contribution < -0.4 is 0 Å². The highest BCUT2D eigenvalue weighted by Crippen LogP contribution is 2.44. The van der Waals surface area contributed by atoms with Crippen molar-refractivity contribution in [3.05, 3.63) is 123 Å². The van der Waals surface area contributed by atoms with Crippen molar-refractivity contribution in [3.8, 4) is 11.1 Å². The lowest BCUT2D eigenvalue weighted by Crippen LogP contribution is -2.17. The summed E-state index contributed by atoms with van der Waals surface area (Å²) in [6.07, 6.45) is 12.4. The van der Waals surface area contributed by atoms with Crippen LogP contribution in [-0.4, -0.2) is 20.4 Å². The molecule has 3 aromatic carbocycles. The number of sulfone groups is 1. The Hall–Kier alpha value is -3.50. The zero-order valence-electron chi connectivity index (χ0n) is 19.5. The van der Waals surface area contributed by atoms with Crippen molar-refractivity contribution in [1.29, 1.82) is 0 Å². The molecule has 0 spiro atoms. The molecule has 1 unspecified atom stereocenters. The monoisotopic (exact) mass is 477 g/mol. The molecule has 3 aromatic rings. The summed E-state index contributed by atoms with van der Waals surface area (Å²) in [5.41, 5.74) is 12.1. The minimum atomic E-state index is -2.93. The highest BCUT2D eigenvalue weighted by atomic mass is 32.2. The van der Waals surface area contributed by atoms with Crippen molar-refractivity contribution in [3.63, 3.8) is 0 Å². The molecular formula is C31H27NO2S. The van der Waals surface area contributed by atoms with Crippen molar-refractivity contribution in [1.82, 2.24) is 0 Å². The minimum absolute atomic E-state index is 0.127. The van der Waals surface area contributed by atoms with Crippen molar-refractivity contribution in [2.24, 2.45) is 4.99 Å². The summed E-state index contributed by atoms with van der Waals surface area (Å²) < 4.78 is 21.7. The maximum atomic E-state index is 10.9. The van der Waals surface area contributed by atoms with Gasteiger partial charge in [0.15, 0.2) is 9.84 Å². The van der Waals surface area contributed by atoms with E-state index in [4.69, 9.17) is 0 Å². The molecule has 35 heavy (non-hydrogen) atoms. The summed E-state index contributed by atoms with van der Waals surface area (Å²) >= 11 is 0. The van der Waals surface area contributed by atoms with Gasteiger partial charge in [-0.2, -0.15) is 0 Å². The number of hydrogen-bond acceptors (Lipinski definition) is 3. The zero-order valence-corrected chi connectivity index (χ0v) is 20.3. The highest BCUT2D eigenvalue weighted by Gasteiger charge is 2.28. The molecule has 0 fully saturated rings. The summed E-state index contributed by atoms with van der Waals surface area (Å²) in [7, 11) is -2.93. The average molecular weight is 478 g/mol. The van der Waals surface area contributed by atoms with E-state index in [1.54, 1.807) is 23.5 Å². The molecule has 0 bridgehead atoms. The van der Waals surface area contributed by atoms with Gasteiger partial charge in [-0.05, 0) is 76.1 Å². The lowest BCUT2D eigenvalue weighted by Gasteiger charge is -2.32. The standard InChI is InChI=1S/C25H22.C6H5NO2S/c1-2-8-18(9-3-1)16-21-17-20-11-5-6-12-22(20)24-15-14-19-10-4-7-13-23(19)25(21)24;8-10(9)3-5-1-7-2-6(5)4-10/h1-6,8-12,14-15,21H,7,13,16-17H2;1-3H,4H2. The van der Waals surface area contributed by atoms with Crippen LogP contribution in [0.25, 0.3) is 17.2 Å². The zero-order chi connectivity index (χ0) is 23.8. The number of allylic oxidation sites excluding steroid dienone is 2. The molecule has 2 aliphatic carbocycles. The number of aliphatic imine (C=N–C) groups is 1. The molecule has 3 nitrogen and oxygen atoms in total. The molecule has 0 N–H and O–H groups in total. The first-order valence-electron chi connectivity index (χ1n) is 12.2. The minimum Gasteiger partial charge on any atom is -0.264 e. The van der Waals surface area contributed by atoms with Gasteiger partial charge in [-0.1, -0.05) is 78.9 Å². The normalized spacial score (nSPS) is 19.9. The van der Waals surface area contributed by atoms with E-state index in [1.807, 2.05) is 0 Å². The molecule has 4 aliphatic rings. The third-order valence-electron chi connectivity index (χ3n) is 7.24. The number of hydrogen-bond donors (Lipinski definition) is 0. The molecule has 0 saturated heterocycles. The highest BCUT2D eigenvalue weighted by molar-refractivity contribution is 7.94. The lowest BCUT2D eigenvalue weighted by molar-refractivity contribution is 0.608. The van der Waals surface area contributed by atoms with Gasteiger partial charge in [-0.25, -0.2) is 8.42 Å². The van der Waals surface area contributed by atoms with Crippen molar-refractivity contribution < 1.29 is 8.42 Å². The van der Waals surface area contributed by atoms with E-state index in [-0.39, 0.29) is 5.75 Å². The predicted octanol–water partition coefficient (Wildman–Crippen LogP) is 6.46. The third kappa shape index (κ3) is 4.35. The van der Waals surface area contributed by atoms with Gasteiger partial charge in [0.05, 0.1) is 5.75 Å². The molecule has 0 amide bonds. The van der Waals surface area contributed by atoms with Gasteiger partial charge in [-0.3, -0.25) is 4.99 Å². The largest absolute Gasteiger partial charge is 0.264 e. The second kappa shape index (κ2) is 8.94. The van der Waals surface area contributed by atoms with Gasteiger partial charge >= 0.3 is 0 Å². The second-order valence-corrected chi connectivity index (χ2v) is 11.4. The van der Waals surface area contributed by atoms with Gasteiger partial charge < -0.3 is 0 Å². The Morgan fingerprint density at radius 2 is 1.74 bits per heavy atom. The van der Waals surface area contributed by atoms with Crippen LogP contribution in [0.1, 0.15) is 40.2 Å². The Labute approximate surface area is 207 Å². The first kappa shape index (κ1) is 22.0. The van der Waals surface area contributed by atoms with E-state index < -0.39 is 9.84 Å². The second-order valence-electron chi connectivity index (χ2n) is 9.60. The van der Waals surface area contributed by atoms with Crippen molar-refractivity contribution in [2.75, 3.05) is 5.75 Å². The summed E-state index contributed by atoms with van der Waals surface area (Å²) in [5, 5.41) is 1.27. The van der Waals surface area contributed by atoms with Crippen LogP contribution in [-0.2, 0) is 29.1 Å². The molecule has 0 saturated carbocycles. The number of nitrogens with zero attached hydrogens (tertiary/aromatic N) is 1. The van der Waals surface area contributed by atoms with Crippen LogP contribution in [0.3, 0.4) is 0 Å². The van der Waals surface area contributed by atoms with Crippen LogP contribution in [0.5, 0.6) is 0 Å². The van der Waals surface area contributed by atoms with Crippen LogP contribution in [0.15, 0.2) is 101 Å². The molecule has 4 heteroatoms. The van der Waals surface area contributed by atoms with Crippen molar-refractivity contribution >= 4 is 22.1 Å². The van der Waals surface area contributed by atoms with Crippen LogP contribution in [0, 0.1) is 0 Å². The van der Waals surface area contributed by atoms with Gasteiger partial charge in [0.25, 0.3) is 0 Å². The van der Waals surface area contributed by atoms with Gasteiger partial charge in [0, 0.05) is 23.4 Å². The fourth-order valence-corrected chi connectivity index (χ4v) is 7.06. The average Bonchev–Trinajstić information content (AvgIpc) is 3.42. The molecule has 1 atom stereocenters. The molecule has 7 rings (SSSR count). The Bertz CT molecular complexity index is 1520. The van der Waals surface area contributed by atoms with E-state index in [9.17, 15) is 8.42 Å². The van der Waals surface area contributed by atoms with Gasteiger partial charge in [-0.15, -0.1) is 0 Å². The SMILES string of the molecule is C1=Cc2ccc3c(c2CC1)C(Cc1ccccc1)Cc1ccccc1-3.O=S1(=O)C=C2C=NC=C2C1. The Morgan fingerprint density at radius 3 is 2.60 bits per heavy atom. The summed E-state index contributed by atoms with van der Waals surface area (Å²) in [6.45, 7) is 0. The Kier molecular flexibility index (Phi) is 5.62. The first-order chi connectivity index (χ1) is 17.1. The Morgan fingerprint density at radius 1 is 0.914 bits per heavy atom. The number of fused-ring (bicyclic) bond motifs is 6. The molecule has 174 valence electrons. The third-order valence-corrected chi connectivity index (χ3v) is 8.56. The van der Waals surface area contributed by atoms with E-state index >= 15 is 0 Å². The molecule has 0 aromatic heterocycles. The fourth-order valence-electron chi connectivity index (χ4n) is 5.70. The van der Waals surface area contributed by atoms with Crippen LogP contribution in [0.4, 0.5) is 0 Å². The van der Waals surface area contributed by atoms with Crippen molar-refractivity contribution in [2.45, 2.75) is 31.6 Å². The predicted molar refractivity (Wildman–Crippen MR) is 144 cm³/mol. The summed E-state index contributed by atoms with van der Waals surface area (Å²) in [6, 6.07) is 24.7. The van der Waals surface area contributed by atoms with E-state index in [2.05, 4.69) is 83.9 Å². The quantitative estimate of drug-likeness (QED) is 0.425. The van der Waals surface area contributed by atoms with Crippen LogP contribution in [0.2, 0.25) is 0 Å². The number of rotatable bonds is 2. The van der Waals surface area contributed by atoms with Gasteiger partial charge in [0.2, 0.25) is 0 Å². The summed E-state index contributed by atoms with van der Waals surface area (Å²) in [4.78, 5) is 3.81. The first-order valence-corrected chi connectivity index (χ1v) is 13.9. The maximum Gasteiger partial charge on any atom is 0.176 e. The summed E-state index contributed by atoms with van der Waals surface area (Å²) in [5.74, 6) is 0.705. The maximum absolute atomic E-state index is 10.9. The van der Waals surface area contributed by atoms with E-state index in [1.165, 1.54) is 46.1 Å². The molecule has 2 aliphatic heterocycles. The van der Waals surface area contributed by atoms with E-state index in [0.717, 1.165) is 24.0 Å². The molecule has 2 heterocycles. The smallest absolute Gasteiger partial charge is 0.176 e. The van der Waals surface area contributed by atoms with Crippen LogP contribution >= 0.6 is 0 Å². The molecular weight excluding hydrogens is 450 g/mol. The Balaban J connectivity index is 0.000000191. The van der Waals surface area contributed by atoms with E-state index in [0.29, 0.717) is 5.92 Å².